The molecule has 1 aromatic carbocycles. The van der Waals surface area contributed by atoms with Crippen molar-refractivity contribution in [3.63, 3.8) is 0 Å². The molecule has 0 bridgehead atoms. The molecule has 0 unspecified atom stereocenters. The van der Waals surface area contributed by atoms with Gasteiger partial charge in [-0.25, -0.2) is 14.8 Å². The maximum absolute atomic E-state index is 11.0. The molecule has 2 N–H and O–H groups in total. The minimum Gasteiger partial charge on any atom is -0.476 e. The standard InChI is InChI=1S/C13H11Cl2N3O2/c14-9-2-1-8(10(15)7-9)3-4-17-12-11(13(19)20)16-5-6-18-12/h1-2,5-7H,3-4H2,(H,17,18)(H,19,20). The number of nitrogens with one attached hydrogen (secondary N) is 1. The van der Waals surface area contributed by atoms with E-state index in [9.17, 15) is 4.79 Å². The van der Waals surface area contributed by atoms with Crippen molar-refractivity contribution in [2.75, 3.05) is 11.9 Å². The van der Waals surface area contributed by atoms with Gasteiger partial charge in [0.15, 0.2) is 11.5 Å². The van der Waals surface area contributed by atoms with Crippen LogP contribution in [0, 0.1) is 0 Å². The first-order valence-corrected chi connectivity index (χ1v) is 6.55. The molecule has 7 heteroatoms. The number of anilines is 1. The Bertz CT molecular complexity index is 635. The molecule has 0 fully saturated rings. The van der Waals surface area contributed by atoms with Gasteiger partial charge in [-0.05, 0) is 24.1 Å². The van der Waals surface area contributed by atoms with E-state index in [1.54, 1.807) is 12.1 Å². The van der Waals surface area contributed by atoms with Gasteiger partial charge in [-0.15, -0.1) is 0 Å². The predicted octanol–water partition coefficient (Wildman–Crippen LogP) is 3.14. The lowest BCUT2D eigenvalue weighted by Crippen LogP contribution is -2.12. The van der Waals surface area contributed by atoms with Crippen molar-refractivity contribution in [2.24, 2.45) is 0 Å². The summed E-state index contributed by atoms with van der Waals surface area (Å²) < 4.78 is 0. The highest BCUT2D eigenvalue weighted by Crippen LogP contribution is 2.21. The Balaban J connectivity index is 2.01. The van der Waals surface area contributed by atoms with Crippen molar-refractivity contribution in [1.29, 1.82) is 0 Å². The van der Waals surface area contributed by atoms with Crippen LogP contribution in [0.3, 0.4) is 0 Å². The topological polar surface area (TPSA) is 75.1 Å². The van der Waals surface area contributed by atoms with Crippen LogP contribution in [0.5, 0.6) is 0 Å². The van der Waals surface area contributed by atoms with Gasteiger partial charge in [-0.1, -0.05) is 29.3 Å². The summed E-state index contributed by atoms with van der Waals surface area (Å²) in [6.45, 7) is 0.486. The molecule has 0 aliphatic carbocycles. The lowest BCUT2D eigenvalue weighted by Gasteiger charge is -2.08. The van der Waals surface area contributed by atoms with E-state index in [0.29, 0.717) is 23.0 Å². The van der Waals surface area contributed by atoms with Crippen molar-refractivity contribution >= 4 is 35.0 Å². The van der Waals surface area contributed by atoms with Crippen molar-refractivity contribution < 1.29 is 9.90 Å². The second-order valence-corrected chi connectivity index (χ2v) is 4.81. The monoisotopic (exact) mass is 311 g/mol. The lowest BCUT2D eigenvalue weighted by atomic mass is 10.1. The Morgan fingerprint density at radius 1 is 1.25 bits per heavy atom. The summed E-state index contributed by atoms with van der Waals surface area (Å²) in [7, 11) is 0. The van der Waals surface area contributed by atoms with Crippen LogP contribution in [0.25, 0.3) is 0 Å². The van der Waals surface area contributed by atoms with Crippen LogP contribution in [0.2, 0.25) is 10.0 Å². The molecule has 0 atom stereocenters. The van der Waals surface area contributed by atoms with Gasteiger partial charge in [0.1, 0.15) is 0 Å². The van der Waals surface area contributed by atoms with Gasteiger partial charge in [0.2, 0.25) is 0 Å². The number of benzene rings is 1. The van der Waals surface area contributed by atoms with Crippen LogP contribution in [0.15, 0.2) is 30.6 Å². The quantitative estimate of drug-likeness (QED) is 0.887. The molecule has 1 aromatic heterocycles. The summed E-state index contributed by atoms with van der Waals surface area (Å²) in [6.07, 6.45) is 3.39. The van der Waals surface area contributed by atoms with Gasteiger partial charge in [-0.3, -0.25) is 0 Å². The first kappa shape index (κ1) is 14.6. The molecule has 0 aliphatic rings. The average Bonchev–Trinajstić information content (AvgIpc) is 2.41. The van der Waals surface area contributed by atoms with Crippen LogP contribution < -0.4 is 5.32 Å². The second kappa shape index (κ2) is 6.54. The fourth-order valence-corrected chi connectivity index (χ4v) is 2.17. The van der Waals surface area contributed by atoms with Gasteiger partial charge in [-0.2, -0.15) is 0 Å². The highest BCUT2D eigenvalue weighted by atomic mass is 35.5. The van der Waals surface area contributed by atoms with Crippen LogP contribution in [0.4, 0.5) is 5.82 Å². The van der Waals surface area contributed by atoms with Crippen molar-refractivity contribution in [3.8, 4) is 0 Å². The number of halogens is 2. The lowest BCUT2D eigenvalue weighted by molar-refractivity contribution is 0.0691. The normalized spacial score (nSPS) is 10.3. The molecule has 0 aliphatic heterocycles. The number of nitrogens with zero attached hydrogens (tertiary/aromatic N) is 2. The second-order valence-electron chi connectivity index (χ2n) is 3.97. The van der Waals surface area contributed by atoms with Gasteiger partial charge < -0.3 is 10.4 Å². The van der Waals surface area contributed by atoms with E-state index < -0.39 is 5.97 Å². The predicted molar refractivity (Wildman–Crippen MR) is 77.6 cm³/mol. The molecule has 0 amide bonds. The fourth-order valence-electron chi connectivity index (χ4n) is 1.66. The Labute approximate surface area is 125 Å². The van der Waals surface area contributed by atoms with Gasteiger partial charge in [0, 0.05) is 29.0 Å². The Morgan fingerprint density at radius 2 is 2.00 bits per heavy atom. The molecule has 1 heterocycles. The van der Waals surface area contributed by atoms with Gasteiger partial charge in [0.25, 0.3) is 0 Å². The minimum absolute atomic E-state index is 0.102. The molecule has 0 saturated carbocycles. The van der Waals surface area contributed by atoms with E-state index in [-0.39, 0.29) is 11.5 Å². The third kappa shape index (κ3) is 3.59. The number of aromatic nitrogens is 2. The zero-order valence-corrected chi connectivity index (χ0v) is 11.8. The van der Waals surface area contributed by atoms with E-state index >= 15 is 0 Å². The Morgan fingerprint density at radius 3 is 2.70 bits per heavy atom. The number of carbonyl (C=O) groups is 1. The number of carboxylic acid groups (broad SMARTS) is 1. The smallest absolute Gasteiger partial charge is 0.358 e. The maximum atomic E-state index is 11.0. The Hall–Kier alpha value is -1.85. The van der Waals surface area contributed by atoms with Crippen molar-refractivity contribution in [3.05, 3.63) is 51.9 Å². The highest BCUT2D eigenvalue weighted by molar-refractivity contribution is 6.35. The highest BCUT2D eigenvalue weighted by Gasteiger charge is 2.12. The Kier molecular flexibility index (Phi) is 4.76. The molecule has 0 saturated heterocycles. The number of carboxylic acids is 1. The first-order chi connectivity index (χ1) is 9.58. The average molecular weight is 312 g/mol. The van der Waals surface area contributed by atoms with Crippen LogP contribution in [0.1, 0.15) is 16.1 Å². The number of hydrogen-bond acceptors (Lipinski definition) is 4. The molecular formula is C13H11Cl2N3O2. The van der Waals surface area contributed by atoms with Gasteiger partial charge in [0.05, 0.1) is 0 Å². The van der Waals surface area contributed by atoms with E-state index in [2.05, 4.69) is 15.3 Å². The fraction of sp³-hybridized carbons (Fsp3) is 0.154. The molecule has 2 rings (SSSR count). The number of aromatic carboxylic acids is 1. The summed E-state index contributed by atoms with van der Waals surface area (Å²) in [5, 5.41) is 13.1. The zero-order chi connectivity index (χ0) is 14.5. The van der Waals surface area contributed by atoms with Crippen LogP contribution >= 0.6 is 23.2 Å². The van der Waals surface area contributed by atoms with E-state index in [0.717, 1.165) is 5.56 Å². The molecule has 20 heavy (non-hydrogen) atoms. The summed E-state index contributed by atoms with van der Waals surface area (Å²) >= 11 is 11.9. The van der Waals surface area contributed by atoms with E-state index in [4.69, 9.17) is 28.3 Å². The summed E-state index contributed by atoms with van der Waals surface area (Å²) in [5.74, 6) is -0.879. The third-order valence-electron chi connectivity index (χ3n) is 2.60. The molecule has 2 aromatic rings. The maximum Gasteiger partial charge on any atom is 0.358 e. The van der Waals surface area contributed by atoms with Gasteiger partial charge >= 0.3 is 5.97 Å². The number of rotatable bonds is 5. The molecule has 0 radical (unpaired) electrons. The molecule has 5 nitrogen and oxygen atoms in total. The van der Waals surface area contributed by atoms with Crippen LogP contribution in [-0.2, 0) is 6.42 Å². The first-order valence-electron chi connectivity index (χ1n) is 5.80. The molecular weight excluding hydrogens is 301 g/mol. The summed E-state index contributed by atoms with van der Waals surface area (Å²) in [6, 6.07) is 5.26. The summed E-state index contributed by atoms with van der Waals surface area (Å²) in [5.41, 5.74) is 0.819. The van der Waals surface area contributed by atoms with E-state index in [1.807, 2.05) is 6.07 Å². The summed E-state index contributed by atoms with van der Waals surface area (Å²) in [4.78, 5) is 18.7. The van der Waals surface area contributed by atoms with E-state index in [1.165, 1.54) is 12.4 Å². The number of hydrogen-bond donors (Lipinski definition) is 2. The molecule has 104 valence electrons. The zero-order valence-electron chi connectivity index (χ0n) is 10.3. The third-order valence-corrected chi connectivity index (χ3v) is 3.19. The van der Waals surface area contributed by atoms with Crippen LogP contribution in [-0.4, -0.2) is 27.6 Å². The minimum atomic E-state index is -1.12. The largest absolute Gasteiger partial charge is 0.476 e. The SMILES string of the molecule is O=C(O)c1nccnc1NCCc1ccc(Cl)cc1Cl. The van der Waals surface area contributed by atoms with Crippen molar-refractivity contribution in [2.45, 2.75) is 6.42 Å². The molecule has 0 spiro atoms. The van der Waals surface area contributed by atoms with Crippen molar-refractivity contribution in [1.82, 2.24) is 9.97 Å².